The molecule has 3 heterocycles. The van der Waals surface area contributed by atoms with Gasteiger partial charge in [-0.05, 0) is 13.8 Å². The third-order valence-corrected chi connectivity index (χ3v) is 4.48. The number of carbonyl (C=O) groups is 3. The van der Waals surface area contributed by atoms with Gasteiger partial charge in [-0.1, -0.05) is 5.16 Å². The molecule has 1 aromatic rings. The average Bonchev–Trinajstić information content (AvgIpc) is 3.00. The fourth-order valence-electron chi connectivity index (χ4n) is 3.01. The summed E-state index contributed by atoms with van der Waals surface area (Å²) in [5.74, 6) is 0.207. The summed E-state index contributed by atoms with van der Waals surface area (Å²) in [6.07, 6.45) is -0.335. The van der Waals surface area contributed by atoms with E-state index >= 15 is 0 Å². The Hall–Kier alpha value is -2.58. The summed E-state index contributed by atoms with van der Waals surface area (Å²) in [7, 11) is 0. The van der Waals surface area contributed by atoms with E-state index in [0.29, 0.717) is 51.6 Å². The third-order valence-electron chi connectivity index (χ3n) is 4.48. The van der Waals surface area contributed by atoms with Gasteiger partial charge in [-0.25, -0.2) is 4.79 Å². The Morgan fingerprint density at radius 3 is 2.36 bits per heavy atom. The highest BCUT2D eigenvalue weighted by atomic mass is 16.6. The van der Waals surface area contributed by atoms with Crippen LogP contribution in [0.3, 0.4) is 0 Å². The zero-order valence-electron chi connectivity index (χ0n) is 14.4. The van der Waals surface area contributed by atoms with Gasteiger partial charge >= 0.3 is 6.09 Å². The Morgan fingerprint density at radius 1 is 1.16 bits per heavy atom. The van der Waals surface area contributed by atoms with Crippen molar-refractivity contribution in [3.8, 4) is 0 Å². The molecule has 2 aliphatic heterocycles. The lowest BCUT2D eigenvalue weighted by Gasteiger charge is -2.42. The second kappa shape index (κ2) is 7.12. The molecule has 3 amide bonds. The van der Waals surface area contributed by atoms with Crippen molar-refractivity contribution >= 4 is 17.9 Å². The van der Waals surface area contributed by atoms with Crippen LogP contribution in [0.2, 0.25) is 0 Å². The lowest BCUT2D eigenvalue weighted by Crippen LogP contribution is -2.59. The Labute approximate surface area is 145 Å². The highest BCUT2D eigenvalue weighted by molar-refractivity contribution is 5.94. The molecule has 25 heavy (non-hydrogen) atoms. The van der Waals surface area contributed by atoms with E-state index in [1.165, 1.54) is 0 Å². The molecule has 0 aliphatic carbocycles. The van der Waals surface area contributed by atoms with Crippen molar-refractivity contribution in [1.82, 2.24) is 19.9 Å². The monoisotopic (exact) mass is 350 g/mol. The molecule has 0 saturated carbocycles. The molecule has 0 N–H and O–H groups in total. The predicted molar refractivity (Wildman–Crippen MR) is 85.8 cm³/mol. The van der Waals surface area contributed by atoms with Crippen LogP contribution < -0.4 is 0 Å². The first-order valence-electron chi connectivity index (χ1n) is 8.42. The standard InChI is InChI=1S/C16H22N4O5/c1-3-24-16(23)19-6-4-18(5-7-19)14(21)12-9-20(10-12)15(22)13-8-11(2)25-17-13/h8,12H,3-7,9-10H2,1-2H3. The lowest BCUT2D eigenvalue weighted by molar-refractivity contribution is -0.141. The van der Waals surface area contributed by atoms with E-state index < -0.39 is 0 Å². The number of ether oxygens (including phenoxy) is 1. The van der Waals surface area contributed by atoms with Gasteiger partial charge in [0.15, 0.2) is 5.69 Å². The smallest absolute Gasteiger partial charge is 0.409 e. The average molecular weight is 350 g/mol. The first kappa shape index (κ1) is 17.2. The number of likely N-dealkylation sites (tertiary alicyclic amines) is 1. The van der Waals surface area contributed by atoms with E-state index in [1.54, 1.807) is 34.6 Å². The molecule has 2 aliphatic rings. The number of nitrogens with zero attached hydrogens (tertiary/aromatic N) is 4. The number of aromatic nitrogens is 1. The van der Waals surface area contributed by atoms with Crippen LogP contribution in [0.1, 0.15) is 23.2 Å². The van der Waals surface area contributed by atoms with E-state index in [2.05, 4.69) is 5.16 Å². The van der Waals surface area contributed by atoms with E-state index in [-0.39, 0.29) is 29.5 Å². The topological polar surface area (TPSA) is 96.2 Å². The van der Waals surface area contributed by atoms with Crippen LogP contribution in [0.25, 0.3) is 0 Å². The van der Waals surface area contributed by atoms with Crippen molar-refractivity contribution in [2.45, 2.75) is 13.8 Å². The van der Waals surface area contributed by atoms with E-state index in [4.69, 9.17) is 9.26 Å². The van der Waals surface area contributed by atoms with Gasteiger partial charge in [-0.15, -0.1) is 0 Å². The molecule has 2 fully saturated rings. The van der Waals surface area contributed by atoms with Crippen molar-refractivity contribution in [2.75, 3.05) is 45.9 Å². The van der Waals surface area contributed by atoms with Crippen LogP contribution in [-0.2, 0) is 9.53 Å². The fraction of sp³-hybridized carbons (Fsp3) is 0.625. The molecule has 0 atom stereocenters. The second-order valence-electron chi connectivity index (χ2n) is 6.24. The summed E-state index contributed by atoms with van der Waals surface area (Å²) in [5.41, 5.74) is 0.270. The number of amides is 3. The summed E-state index contributed by atoms with van der Waals surface area (Å²) < 4.78 is 9.87. The van der Waals surface area contributed by atoms with Gasteiger partial charge in [0.05, 0.1) is 12.5 Å². The van der Waals surface area contributed by atoms with E-state index in [9.17, 15) is 14.4 Å². The quantitative estimate of drug-likeness (QED) is 0.781. The van der Waals surface area contributed by atoms with Gasteiger partial charge < -0.3 is 24.0 Å². The number of piperazine rings is 1. The van der Waals surface area contributed by atoms with Gasteiger partial charge in [-0.2, -0.15) is 0 Å². The van der Waals surface area contributed by atoms with Gasteiger partial charge in [0.1, 0.15) is 5.76 Å². The van der Waals surface area contributed by atoms with Gasteiger partial charge in [0.25, 0.3) is 5.91 Å². The van der Waals surface area contributed by atoms with Gasteiger partial charge in [-0.3, -0.25) is 9.59 Å². The van der Waals surface area contributed by atoms with E-state index in [0.717, 1.165) is 0 Å². The number of rotatable bonds is 3. The maximum Gasteiger partial charge on any atom is 0.409 e. The molecule has 136 valence electrons. The third kappa shape index (κ3) is 3.59. The molecule has 1 aromatic heterocycles. The summed E-state index contributed by atoms with van der Waals surface area (Å²) in [6, 6.07) is 1.59. The summed E-state index contributed by atoms with van der Waals surface area (Å²) >= 11 is 0. The molecule has 2 saturated heterocycles. The van der Waals surface area contributed by atoms with Gasteiger partial charge in [0.2, 0.25) is 5.91 Å². The Morgan fingerprint density at radius 2 is 1.80 bits per heavy atom. The predicted octanol–water partition coefficient (Wildman–Crippen LogP) is 0.356. The summed E-state index contributed by atoms with van der Waals surface area (Å²) in [5, 5.41) is 3.71. The molecule has 0 unspecified atom stereocenters. The minimum absolute atomic E-state index is 0.0314. The van der Waals surface area contributed by atoms with Crippen LogP contribution >= 0.6 is 0 Å². The minimum Gasteiger partial charge on any atom is -0.450 e. The highest BCUT2D eigenvalue weighted by Crippen LogP contribution is 2.21. The summed E-state index contributed by atoms with van der Waals surface area (Å²) in [6.45, 7) is 6.54. The number of carbonyl (C=O) groups excluding carboxylic acids is 3. The van der Waals surface area contributed by atoms with Crippen LogP contribution in [0.15, 0.2) is 10.6 Å². The molecule has 3 rings (SSSR count). The molecular weight excluding hydrogens is 328 g/mol. The van der Waals surface area contributed by atoms with Crippen LogP contribution in [-0.4, -0.2) is 83.6 Å². The van der Waals surface area contributed by atoms with Crippen molar-refractivity contribution in [1.29, 1.82) is 0 Å². The molecule has 0 radical (unpaired) electrons. The molecule has 0 bridgehead atoms. The maximum absolute atomic E-state index is 12.5. The van der Waals surface area contributed by atoms with Crippen molar-refractivity contribution in [2.24, 2.45) is 5.92 Å². The zero-order valence-corrected chi connectivity index (χ0v) is 14.4. The Balaban J connectivity index is 1.45. The molecular formula is C16H22N4O5. The van der Waals surface area contributed by atoms with Crippen LogP contribution in [0.4, 0.5) is 4.79 Å². The molecule has 9 heteroatoms. The van der Waals surface area contributed by atoms with Crippen molar-refractivity contribution in [3.05, 3.63) is 17.5 Å². The Bertz CT molecular complexity index is 659. The maximum atomic E-state index is 12.5. The number of hydrogen-bond donors (Lipinski definition) is 0. The van der Waals surface area contributed by atoms with Crippen LogP contribution in [0.5, 0.6) is 0 Å². The first-order chi connectivity index (χ1) is 12.0. The SMILES string of the molecule is CCOC(=O)N1CCN(C(=O)C2CN(C(=O)c3cc(C)on3)C2)CC1. The van der Waals surface area contributed by atoms with E-state index in [1.807, 2.05) is 0 Å². The summed E-state index contributed by atoms with van der Waals surface area (Å²) in [4.78, 5) is 41.3. The number of aryl methyl sites for hydroxylation is 1. The second-order valence-corrected chi connectivity index (χ2v) is 6.24. The number of hydrogen-bond acceptors (Lipinski definition) is 6. The van der Waals surface area contributed by atoms with Crippen molar-refractivity contribution in [3.63, 3.8) is 0 Å². The largest absolute Gasteiger partial charge is 0.450 e. The normalized spacial score (nSPS) is 18.1. The van der Waals surface area contributed by atoms with Crippen LogP contribution in [0, 0.1) is 12.8 Å². The minimum atomic E-state index is -0.335. The van der Waals surface area contributed by atoms with Crippen molar-refractivity contribution < 1.29 is 23.6 Å². The Kier molecular flexibility index (Phi) is 4.91. The fourth-order valence-corrected chi connectivity index (χ4v) is 3.01. The highest BCUT2D eigenvalue weighted by Gasteiger charge is 2.39. The molecule has 0 aromatic carbocycles. The molecule has 0 spiro atoms. The first-order valence-corrected chi connectivity index (χ1v) is 8.42. The van der Waals surface area contributed by atoms with Gasteiger partial charge in [0, 0.05) is 45.3 Å². The zero-order chi connectivity index (χ0) is 18.0. The molecule has 9 nitrogen and oxygen atoms in total. The lowest BCUT2D eigenvalue weighted by atomic mass is 9.97.